The molecule has 0 radical (unpaired) electrons. The Hall–Kier alpha value is -0.670. The largest absolute Gasteiger partial charge is 0.507 e. The minimum absolute atomic E-state index is 0.369. The lowest BCUT2D eigenvalue weighted by molar-refractivity contribution is 0.149. The molecule has 0 unspecified atom stereocenters. The Balaban J connectivity index is 2.21. The van der Waals surface area contributed by atoms with Crippen molar-refractivity contribution in [1.29, 1.82) is 0 Å². The van der Waals surface area contributed by atoms with Gasteiger partial charge in [0.05, 0.1) is 0 Å². The van der Waals surface area contributed by atoms with Crippen LogP contribution in [-0.2, 0) is 4.74 Å². The molecule has 0 aliphatic heterocycles. The first kappa shape index (κ1) is 11.4. The van der Waals surface area contributed by atoms with Gasteiger partial charge in [-0.3, -0.25) is 0 Å². The molecule has 14 heavy (non-hydrogen) atoms. The molecule has 0 spiro atoms. The number of ether oxygens (including phenoxy) is 1. The second-order valence-electron chi connectivity index (χ2n) is 2.87. The highest BCUT2D eigenvalue weighted by molar-refractivity contribution is 7.99. The first-order valence-electron chi connectivity index (χ1n) is 4.83. The van der Waals surface area contributed by atoms with Crippen molar-refractivity contribution >= 4 is 11.8 Å². The van der Waals surface area contributed by atoms with E-state index in [2.05, 4.69) is 0 Å². The zero-order chi connectivity index (χ0) is 10.2. The number of hydrogen-bond acceptors (Lipinski definition) is 3. The van der Waals surface area contributed by atoms with Crippen LogP contribution < -0.4 is 0 Å². The van der Waals surface area contributed by atoms with Gasteiger partial charge in [-0.05, 0) is 25.5 Å². The summed E-state index contributed by atoms with van der Waals surface area (Å²) < 4.78 is 5.23. The van der Waals surface area contributed by atoms with Gasteiger partial charge in [0.1, 0.15) is 5.75 Å². The molecule has 1 aromatic rings. The fraction of sp³-hybridized carbons (Fsp3) is 0.455. The fourth-order valence-electron chi connectivity index (χ4n) is 1.07. The summed E-state index contributed by atoms with van der Waals surface area (Å²) in [5.41, 5.74) is 0. The Kier molecular flexibility index (Phi) is 5.49. The third kappa shape index (κ3) is 4.03. The number of hydrogen-bond donors (Lipinski definition) is 1. The second-order valence-corrected chi connectivity index (χ2v) is 4.00. The number of phenolic OH excluding ortho intramolecular Hbond substituents is 1. The maximum Gasteiger partial charge on any atom is 0.129 e. The van der Waals surface area contributed by atoms with Crippen molar-refractivity contribution in [3.05, 3.63) is 24.3 Å². The summed E-state index contributed by atoms with van der Waals surface area (Å²) in [4.78, 5) is 0.948. The zero-order valence-corrected chi connectivity index (χ0v) is 9.22. The highest BCUT2D eigenvalue weighted by Gasteiger charge is 1.99. The van der Waals surface area contributed by atoms with Crippen molar-refractivity contribution in [1.82, 2.24) is 0 Å². The van der Waals surface area contributed by atoms with Gasteiger partial charge >= 0.3 is 0 Å². The number of benzene rings is 1. The lowest BCUT2D eigenvalue weighted by atomic mass is 10.3. The van der Waals surface area contributed by atoms with Crippen LogP contribution in [0.1, 0.15) is 13.3 Å². The molecule has 2 nitrogen and oxygen atoms in total. The third-order valence-electron chi connectivity index (χ3n) is 1.76. The van der Waals surface area contributed by atoms with Gasteiger partial charge in [0.15, 0.2) is 0 Å². The van der Waals surface area contributed by atoms with Gasteiger partial charge in [-0.2, -0.15) is 0 Å². The Labute approximate surface area is 89.3 Å². The average Bonchev–Trinajstić information content (AvgIpc) is 2.20. The summed E-state index contributed by atoms with van der Waals surface area (Å²) in [5, 5.41) is 9.46. The van der Waals surface area contributed by atoms with Gasteiger partial charge in [-0.15, -0.1) is 11.8 Å². The van der Waals surface area contributed by atoms with E-state index in [1.54, 1.807) is 17.8 Å². The molecule has 78 valence electrons. The van der Waals surface area contributed by atoms with E-state index in [1.165, 1.54) is 0 Å². The predicted octanol–water partition coefficient (Wildman–Crippen LogP) is 2.91. The molecule has 0 aliphatic rings. The molecular formula is C11H16O2S. The lowest BCUT2D eigenvalue weighted by Crippen LogP contribution is -1.94. The zero-order valence-electron chi connectivity index (χ0n) is 8.40. The van der Waals surface area contributed by atoms with Crippen molar-refractivity contribution in [3.63, 3.8) is 0 Å². The molecule has 0 saturated heterocycles. The highest BCUT2D eigenvalue weighted by Crippen LogP contribution is 2.27. The van der Waals surface area contributed by atoms with E-state index in [4.69, 9.17) is 4.74 Å². The standard InChI is InChI=1S/C11H16O2S/c1-2-13-8-5-9-14-11-7-4-3-6-10(11)12/h3-4,6-7,12H,2,5,8-9H2,1H3. The molecule has 1 rings (SSSR count). The Morgan fingerprint density at radius 2 is 2.14 bits per heavy atom. The Bertz CT molecular complexity index is 263. The summed E-state index contributed by atoms with van der Waals surface area (Å²) in [6.07, 6.45) is 1.02. The van der Waals surface area contributed by atoms with Crippen LogP contribution in [0.2, 0.25) is 0 Å². The van der Waals surface area contributed by atoms with Crippen molar-refractivity contribution in [3.8, 4) is 5.75 Å². The first-order chi connectivity index (χ1) is 6.84. The van der Waals surface area contributed by atoms with E-state index in [0.29, 0.717) is 5.75 Å². The molecule has 0 fully saturated rings. The molecule has 0 aliphatic carbocycles. The number of para-hydroxylation sites is 1. The van der Waals surface area contributed by atoms with Crippen LogP contribution >= 0.6 is 11.8 Å². The highest BCUT2D eigenvalue weighted by atomic mass is 32.2. The summed E-state index contributed by atoms with van der Waals surface area (Å²) in [6, 6.07) is 7.41. The smallest absolute Gasteiger partial charge is 0.129 e. The van der Waals surface area contributed by atoms with Crippen LogP contribution in [0.5, 0.6) is 5.75 Å². The quantitative estimate of drug-likeness (QED) is 0.581. The summed E-state index contributed by atoms with van der Waals surface area (Å²) in [5.74, 6) is 1.35. The Morgan fingerprint density at radius 3 is 2.86 bits per heavy atom. The van der Waals surface area contributed by atoms with Crippen LogP contribution in [0.3, 0.4) is 0 Å². The van der Waals surface area contributed by atoms with Gasteiger partial charge < -0.3 is 9.84 Å². The normalized spacial score (nSPS) is 10.4. The molecule has 0 saturated carbocycles. The van der Waals surface area contributed by atoms with Crippen molar-refractivity contribution < 1.29 is 9.84 Å². The van der Waals surface area contributed by atoms with Crippen LogP contribution in [0.15, 0.2) is 29.2 Å². The topological polar surface area (TPSA) is 29.5 Å². The number of aromatic hydroxyl groups is 1. The Morgan fingerprint density at radius 1 is 1.36 bits per heavy atom. The van der Waals surface area contributed by atoms with Gasteiger partial charge in [-0.1, -0.05) is 12.1 Å². The summed E-state index contributed by atoms with van der Waals surface area (Å²) >= 11 is 1.67. The summed E-state index contributed by atoms with van der Waals surface area (Å²) in [7, 11) is 0. The maximum absolute atomic E-state index is 9.46. The lowest BCUT2D eigenvalue weighted by Gasteiger charge is -2.03. The van der Waals surface area contributed by atoms with Crippen LogP contribution in [0, 0.1) is 0 Å². The third-order valence-corrected chi connectivity index (χ3v) is 2.91. The molecule has 0 heterocycles. The van der Waals surface area contributed by atoms with E-state index in [-0.39, 0.29) is 0 Å². The summed E-state index contributed by atoms with van der Waals surface area (Å²) in [6.45, 7) is 3.58. The molecule has 1 aromatic carbocycles. The van der Waals surface area contributed by atoms with Gasteiger partial charge in [0.2, 0.25) is 0 Å². The van der Waals surface area contributed by atoms with Gasteiger partial charge in [0.25, 0.3) is 0 Å². The van der Waals surface area contributed by atoms with Crippen LogP contribution in [0.4, 0.5) is 0 Å². The van der Waals surface area contributed by atoms with E-state index >= 15 is 0 Å². The van der Waals surface area contributed by atoms with Crippen molar-refractivity contribution in [2.24, 2.45) is 0 Å². The number of phenols is 1. The number of rotatable bonds is 6. The molecular weight excluding hydrogens is 196 g/mol. The minimum Gasteiger partial charge on any atom is -0.507 e. The van der Waals surface area contributed by atoms with Crippen LogP contribution in [-0.4, -0.2) is 24.1 Å². The van der Waals surface area contributed by atoms with Crippen molar-refractivity contribution in [2.45, 2.75) is 18.2 Å². The molecule has 0 atom stereocenters. The van der Waals surface area contributed by atoms with Crippen LogP contribution in [0.25, 0.3) is 0 Å². The SMILES string of the molecule is CCOCCCSc1ccccc1O. The molecule has 0 bridgehead atoms. The van der Waals surface area contributed by atoms with Gasteiger partial charge in [0, 0.05) is 23.9 Å². The molecule has 0 aromatic heterocycles. The first-order valence-corrected chi connectivity index (χ1v) is 5.81. The van der Waals surface area contributed by atoms with Gasteiger partial charge in [-0.25, -0.2) is 0 Å². The van der Waals surface area contributed by atoms with E-state index in [1.807, 2.05) is 25.1 Å². The van der Waals surface area contributed by atoms with E-state index in [9.17, 15) is 5.11 Å². The monoisotopic (exact) mass is 212 g/mol. The molecule has 0 amide bonds. The minimum atomic E-state index is 0.369. The average molecular weight is 212 g/mol. The fourth-order valence-corrected chi connectivity index (χ4v) is 1.94. The number of thioether (sulfide) groups is 1. The molecule has 3 heteroatoms. The maximum atomic E-state index is 9.46. The van der Waals surface area contributed by atoms with Crippen molar-refractivity contribution in [2.75, 3.05) is 19.0 Å². The van der Waals surface area contributed by atoms with E-state index in [0.717, 1.165) is 30.3 Å². The molecule has 1 N–H and O–H groups in total. The predicted molar refractivity (Wildman–Crippen MR) is 59.9 cm³/mol. The van der Waals surface area contributed by atoms with E-state index < -0.39 is 0 Å². The second kappa shape index (κ2) is 6.74.